The van der Waals surface area contributed by atoms with Crippen LogP contribution in [-0.4, -0.2) is 5.91 Å². The third kappa shape index (κ3) is 2.43. The number of thiophene rings is 1. The Labute approximate surface area is 142 Å². The van der Waals surface area contributed by atoms with Gasteiger partial charge in [-0.15, -0.1) is 11.3 Å². The average molecular weight is 332 g/mol. The summed E-state index contributed by atoms with van der Waals surface area (Å²) in [6.07, 6.45) is 0. The molecule has 0 aliphatic carbocycles. The van der Waals surface area contributed by atoms with E-state index in [0.29, 0.717) is 22.7 Å². The minimum atomic E-state index is -0.213. The summed E-state index contributed by atoms with van der Waals surface area (Å²) >= 11 is 1.44. The number of nitrogens with zero attached hydrogens (tertiary/aromatic N) is 1. The predicted octanol–water partition coefficient (Wildman–Crippen LogP) is 4.43. The van der Waals surface area contributed by atoms with Crippen molar-refractivity contribution in [2.24, 2.45) is 0 Å². The quantitative estimate of drug-likeness (QED) is 0.755. The highest BCUT2D eigenvalue weighted by Crippen LogP contribution is 2.42. The van der Waals surface area contributed by atoms with E-state index in [-0.39, 0.29) is 5.91 Å². The molecule has 1 aromatic heterocycles. The van der Waals surface area contributed by atoms with Gasteiger partial charge in [-0.1, -0.05) is 24.3 Å². The monoisotopic (exact) mass is 332 g/mol. The lowest BCUT2D eigenvalue weighted by Gasteiger charge is -2.16. The van der Waals surface area contributed by atoms with E-state index in [2.05, 4.69) is 11.4 Å². The number of para-hydroxylation sites is 2. The predicted molar refractivity (Wildman–Crippen MR) is 93.2 cm³/mol. The molecule has 116 valence electrons. The van der Waals surface area contributed by atoms with Gasteiger partial charge in [0.25, 0.3) is 5.91 Å². The van der Waals surface area contributed by atoms with Gasteiger partial charge < -0.3 is 10.1 Å². The van der Waals surface area contributed by atoms with E-state index in [1.54, 1.807) is 24.3 Å². The third-order valence-electron chi connectivity index (χ3n) is 3.84. The number of anilines is 1. The Morgan fingerprint density at radius 3 is 2.83 bits per heavy atom. The Kier molecular flexibility index (Phi) is 3.52. The van der Waals surface area contributed by atoms with Gasteiger partial charge in [0.05, 0.1) is 16.1 Å². The van der Waals surface area contributed by atoms with Crippen LogP contribution >= 0.6 is 11.3 Å². The molecule has 0 spiro atoms. The molecule has 5 heteroatoms. The number of hydrogen-bond donors (Lipinski definition) is 1. The normalized spacial score (nSPS) is 11.6. The van der Waals surface area contributed by atoms with Gasteiger partial charge in [0.1, 0.15) is 18.4 Å². The Bertz CT molecular complexity index is 985. The zero-order valence-electron chi connectivity index (χ0n) is 12.6. The number of rotatable bonds is 2. The van der Waals surface area contributed by atoms with E-state index in [9.17, 15) is 4.79 Å². The fourth-order valence-electron chi connectivity index (χ4n) is 2.68. The molecular weight excluding hydrogens is 320 g/mol. The topological polar surface area (TPSA) is 62.1 Å². The highest BCUT2D eigenvalue weighted by molar-refractivity contribution is 7.17. The van der Waals surface area contributed by atoms with Crippen molar-refractivity contribution in [3.63, 3.8) is 0 Å². The highest BCUT2D eigenvalue weighted by Gasteiger charge is 2.22. The summed E-state index contributed by atoms with van der Waals surface area (Å²) in [4.78, 5) is 14.2. The van der Waals surface area contributed by atoms with Gasteiger partial charge >= 0.3 is 0 Å². The summed E-state index contributed by atoms with van der Waals surface area (Å²) < 4.78 is 5.73. The van der Waals surface area contributed by atoms with Gasteiger partial charge in [-0.25, -0.2) is 0 Å². The molecule has 1 amide bonds. The Morgan fingerprint density at radius 2 is 1.96 bits per heavy atom. The van der Waals surface area contributed by atoms with Gasteiger partial charge in [0.2, 0.25) is 0 Å². The first-order chi connectivity index (χ1) is 11.8. The van der Waals surface area contributed by atoms with Crippen molar-refractivity contribution in [2.45, 2.75) is 6.61 Å². The number of carbonyl (C=O) groups is 1. The van der Waals surface area contributed by atoms with Crippen molar-refractivity contribution >= 4 is 22.9 Å². The zero-order valence-corrected chi connectivity index (χ0v) is 13.4. The number of fused-ring (bicyclic) bond motifs is 3. The van der Waals surface area contributed by atoms with Gasteiger partial charge in [0, 0.05) is 16.0 Å². The summed E-state index contributed by atoms with van der Waals surface area (Å²) in [6.45, 7) is 0.463. The minimum Gasteiger partial charge on any atom is -0.488 e. The number of ether oxygens (including phenoxy) is 1. The van der Waals surface area contributed by atoms with E-state index in [0.717, 1.165) is 21.8 Å². The van der Waals surface area contributed by atoms with Crippen molar-refractivity contribution < 1.29 is 9.53 Å². The van der Waals surface area contributed by atoms with Gasteiger partial charge in [-0.2, -0.15) is 5.26 Å². The van der Waals surface area contributed by atoms with Gasteiger partial charge in [-0.3, -0.25) is 4.79 Å². The summed E-state index contributed by atoms with van der Waals surface area (Å²) in [5.41, 5.74) is 2.99. The van der Waals surface area contributed by atoms with Crippen LogP contribution in [0.4, 0.5) is 5.69 Å². The lowest BCUT2D eigenvalue weighted by atomic mass is 10.1. The molecule has 0 saturated carbocycles. The number of carbonyl (C=O) groups excluding carboxylic acids is 1. The molecule has 2 aromatic carbocycles. The SMILES string of the molecule is N#Cc1ccccc1NC(=O)c1cc2c(s1)-c1ccccc1OC2. The number of amides is 1. The fraction of sp³-hybridized carbons (Fsp3) is 0.0526. The molecule has 0 bridgehead atoms. The maximum Gasteiger partial charge on any atom is 0.265 e. The van der Waals surface area contributed by atoms with Crippen LogP contribution in [0, 0.1) is 11.3 Å². The summed E-state index contributed by atoms with van der Waals surface area (Å²) in [5, 5.41) is 11.9. The van der Waals surface area contributed by atoms with Crippen LogP contribution in [0.15, 0.2) is 54.6 Å². The van der Waals surface area contributed by atoms with Crippen LogP contribution in [0.3, 0.4) is 0 Å². The zero-order chi connectivity index (χ0) is 16.5. The number of benzene rings is 2. The Morgan fingerprint density at radius 1 is 1.17 bits per heavy atom. The summed E-state index contributed by atoms with van der Waals surface area (Å²) in [7, 11) is 0. The molecule has 4 nitrogen and oxygen atoms in total. The molecule has 2 heterocycles. The first kappa shape index (κ1) is 14.5. The smallest absolute Gasteiger partial charge is 0.265 e. The van der Waals surface area contributed by atoms with Crippen molar-refractivity contribution in [2.75, 3.05) is 5.32 Å². The fourth-order valence-corrected chi connectivity index (χ4v) is 3.78. The number of hydrogen-bond acceptors (Lipinski definition) is 4. The summed E-state index contributed by atoms with van der Waals surface area (Å²) in [6, 6.07) is 18.7. The van der Waals surface area contributed by atoms with Crippen LogP contribution in [0.2, 0.25) is 0 Å². The lowest BCUT2D eigenvalue weighted by molar-refractivity contribution is 0.103. The third-order valence-corrected chi connectivity index (χ3v) is 5.05. The van der Waals surface area contributed by atoms with Crippen molar-refractivity contribution in [1.29, 1.82) is 5.26 Å². The van der Waals surface area contributed by atoms with Crippen LogP contribution in [0.25, 0.3) is 10.4 Å². The first-order valence-electron chi connectivity index (χ1n) is 7.41. The average Bonchev–Trinajstić information content (AvgIpc) is 3.07. The van der Waals surface area contributed by atoms with E-state index < -0.39 is 0 Å². The van der Waals surface area contributed by atoms with Gasteiger partial charge in [-0.05, 0) is 30.3 Å². The molecule has 0 unspecified atom stereocenters. The highest BCUT2D eigenvalue weighted by atomic mass is 32.1. The first-order valence-corrected chi connectivity index (χ1v) is 8.23. The maximum absolute atomic E-state index is 12.6. The van der Waals surface area contributed by atoms with E-state index in [4.69, 9.17) is 10.00 Å². The largest absolute Gasteiger partial charge is 0.488 e. The molecule has 0 radical (unpaired) electrons. The maximum atomic E-state index is 12.6. The van der Waals surface area contributed by atoms with Gasteiger partial charge in [0.15, 0.2) is 0 Å². The molecule has 0 saturated heterocycles. The molecule has 3 aromatic rings. The molecule has 0 atom stereocenters. The van der Waals surface area contributed by atoms with Crippen molar-refractivity contribution in [3.8, 4) is 22.3 Å². The second-order valence-electron chi connectivity index (χ2n) is 5.36. The molecule has 1 aliphatic heterocycles. The molecule has 24 heavy (non-hydrogen) atoms. The van der Waals surface area contributed by atoms with Crippen LogP contribution in [0.1, 0.15) is 20.8 Å². The molecule has 1 aliphatic rings. The lowest BCUT2D eigenvalue weighted by Crippen LogP contribution is -2.11. The van der Waals surface area contributed by atoms with Crippen molar-refractivity contribution in [3.05, 3.63) is 70.6 Å². The molecular formula is C19H12N2O2S. The Balaban J connectivity index is 1.66. The van der Waals surface area contributed by atoms with E-state index in [1.165, 1.54) is 11.3 Å². The molecule has 1 N–H and O–H groups in total. The molecule has 0 fully saturated rings. The molecule has 4 rings (SSSR count). The summed E-state index contributed by atoms with van der Waals surface area (Å²) in [5.74, 6) is 0.628. The van der Waals surface area contributed by atoms with Crippen LogP contribution in [0.5, 0.6) is 5.75 Å². The second-order valence-corrected chi connectivity index (χ2v) is 6.41. The Hall–Kier alpha value is -3.10. The van der Waals surface area contributed by atoms with Crippen LogP contribution < -0.4 is 10.1 Å². The second kappa shape index (κ2) is 5.84. The van der Waals surface area contributed by atoms with E-state index in [1.807, 2.05) is 30.3 Å². The number of nitriles is 1. The number of nitrogens with one attached hydrogen (secondary N) is 1. The minimum absolute atomic E-state index is 0.213. The van der Waals surface area contributed by atoms with E-state index >= 15 is 0 Å². The standard InChI is InChI=1S/C19H12N2O2S/c20-10-12-5-1-3-7-15(12)21-19(22)17-9-13-11-23-16-8-4-2-6-14(16)18(13)24-17/h1-9H,11H2,(H,21,22). The van der Waals surface area contributed by atoms with Crippen molar-refractivity contribution in [1.82, 2.24) is 0 Å². The van der Waals surface area contributed by atoms with Crippen LogP contribution in [-0.2, 0) is 6.61 Å².